The van der Waals surface area contributed by atoms with Crippen LogP contribution in [0.1, 0.15) is 23.2 Å². The number of pyridine rings is 1. The fourth-order valence-electron chi connectivity index (χ4n) is 4.57. The Bertz CT molecular complexity index is 1170. The van der Waals surface area contributed by atoms with E-state index < -0.39 is 0 Å². The number of methoxy groups -OCH3 is 3. The van der Waals surface area contributed by atoms with E-state index in [2.05, 4.69) is 22.2 Å². The maximum atomic E-state index is 13.3. The van der Waals surface area contributed by atoms with Crippen molar-refractivity contribution < 1.29 is 19.0 Å². The molecule has 0 saturated carbocycles. The normalized spacial score (nSPS) is 14.6. The van der Waals surface area contributed by atoms with Crippen LogP contribution in [0.3, 0.4) is 0 Å². The molecule has 0 bridgehead atoms. The molecule has 1 aromatic heterocycles. The van der Waals surface area contributed by atoms with E-state index in [1.165, 1.54) is 0 Å². The summed E-state index contributed by atoms with van der Waals surface area (Å²) in [5, 5.41) is 3.94. The molecule has 36 heavy (non-hydrogen) atoms. The van der Waals surface area contributed by atoms with Gasteiger partial charge in [0.25, 0.3) is 5.91 Å². The van der Waals surface area contributed by atoms with E-state index in [1.54, 1.807) is 21.3 Å². The number of carbonyl (C=O) groups is 1. The monoisotopic (exact) mass is 492 g/mol. The number of fused-ring (bicyclic) bond motifs is 1. The second-order valence-corrected chi connectivity index (χ2v) is 9.09. The van der Waals surface area contributed by atoms with Gasteiger partial charge >= 0.3 is 0 Å². The summed E-state index contributed by atoms with van der Waals surface area (Å²) in [5.41, 5.74) is 2.79. The van der Waals surface area contributed by atoms with Gasteiger partial charge in [-0.25, -0.2) is 4.98 Å². The first-order valence-corrected chi connectivity index (χ1v) is 12.4. The summed E-state index contributed by atoms with van der Waals surface area (Å²) in [6.07, 6.45) is 2.01. The molecule has 1 saturated heterocycles. The number of amides is 1. The highest BCUT2D eigenvalue weighted by molar-refractivity contribution is 6.07. The molecule has 2 aromatic carbocycles. The fraction of sp³-hybridized carbons (Fsp3) is 0.429. The predicted molar refractivity (Wildman–Crippen MR) is 142 cm³/mol. The van der Waals surface area contributed by atoms with Crippen molar-refractivity contribution in [1.29, 1.82) is 0 Å². The van der Waals surface area contributed by atoms with Crippen LogP contribution in [0.25, 0.3) is 22.2 Å². The number of nitrogens with zero attached hydrogens (tertiary/aromatic N) is 3. The quantitative estimate of drug-likeness (QED) is 0.433. The third kappa shape index (κ3) is 5.88. The number of likely N-dealkylation sites (N-methyl/N-ethyl adjacent to an activating group) is 1. The zero-order valence-electron chi connectivity index (χ0n) is 21.7. The van der Waals surface area contributed by atoms with Gasteiger partial charge in [0, 0.05) is 43.7 Å². The number of unbranched alkanes of at least 4 members (excludes halogenated alkanes) is 1. The molecule has 2 heterocycles. The van der Waals surface area contributed by atoms with Gasteiger partial charge in [0.2, 0.25) is 5.75 Å². The number of piperazine rings is 1. The molecule has 3 aromatic rings. The minimum Gasteiger partial charge on any atom is -0.493 e. The summed E-state index contributed by atoms with van der Waals surface area (Å²) in [6.45, 7) is 6.21. The summed E-state index contributed by atoms with van der Waals surface area (Å²) in [4.78, 5) is 23.0. The first-order valence-electron chi connectivity index (χ1n) is 12.4. The van der Waals surface area contributed by atoms with Crippen molar-refractivity contribution in [2.75, 3.05) is 67.6 Å². The van der Waals surface area contributed by atoms with Crippen molar-refractivity contribution in [2.45, 2.75) is 12.8 Å². The lowest BCUT2D eigenvalue weighted by Gasteiger charge is -2.32. The lowest BCUT2D eigenvalue weighted by molar-refractivity contribution is 0.0953. The van der Waals surface area contributed by atoms with Gasteiger partial charge < -0.3 is 29.3 Å². The number of benzene rings is 2. The first-order chi connectivity index (χ1) is 17.5. The summed E-state index contributed by atoms with van der Waals surface area (Å²) >= 11 is 0. The summed E-state index contributed by atoms with van der Waals surface area (Å²) in [7, 11) is 6.90. The molecule has 1 aliphatic heterocycles. The fourth-order valence-corrected chi connectivity index (χ4v) is 4.57. The maximum absolute atomic E-state index is 13.3. The molecule has 1 amide bonds. The number of carbonyl (C=O) groups excluding carboxylic acids is 1. The van der Waals surface area contributed by atoms with E-state index in [0.717, 1.165) is 62.0 Å². The van der Waals surface area contributed by atoms with Crippen LogP contribution in [0, 0.1) is 0 Å². The molecular formula is C28H36N4O4. The van der Waals surface area contributed by atoms with Crippen LogP contribution in [0.15, 0.2) is 42.5 Å². The summed E-state index contributed by atoms with van der Waals surface area (Å²) in [5.74, 6) is 1.49. The van der Waals surface area contributed by atoms with Crippen LogP contribution in [0.4, 0.5) is 0 Å². The third-order valence-corrected chi connectivity index (χ3v) is 6.70. The van der Waals surface area contributed by atoms with Gasteiger partial charge in [0.1, 0.15) is 0 Å². The van der Waals surface area contributed by atoms with Crippen molar-refractivity contribution in [1.82, 2.24) is 20.1 Å². The Morgan fingerprint density at radius 2 is 1.64 bits per heavy atom. The van der Waals surface area contributed by atoms with Crippen molar-refractivity contribution in [3.8, 4) is 28.5 Å². The molecule has 0 aliphatic carbocycles. The average Bonchev–Trinajstić information content (AvgIpc) is 2.92. The Kier molecular flexibility index (Phi) is 8.61. The standard InChI is InChI=1S/C28H36N4O4/c1-31-13-15-32(16-14-31)12-8-7-11-29-28(33)22-19-24(30-23-10-6-5-9-21(22)23)20-17-25(34-2)27(36-4)26(18-20)35-3/h5-6,9-10,17-19H,7-8,11-16H2,1-4H3,(H,29,33). The van der Waals surface area contributed by atoms with E-state index in [0.29, 0.717) is 35.1 Å². The van der Waals surface area contributed by atoms with Gasteiger partial charge in [-0.05, 0) is 50.7 Å². The molecule has 1 aliphatic rings. The van der Waals surface area contributed by atoms with Gasteiger partial charge in [0.05, 0.1) is 38.1 Å². The number of para-hydroxylation sites is 1. The zero-order chi connectivity index (χ0) is 25.5. The zero-order valence-corrected chi connectivity index (χ0v) is 21.7. The number of hydrogen-bond acceptors (Lipinski definition) is 7. The molecule has 192 valence electrons. The highest BCUT2D eigenvalue weighted by atomic mass is 16.5. The Hall–Kier alpha value is -3.36. The van der Waals surface area contributed by atoms with E-state index >= 15 is 0 Å². The lowest BCUT2D eigenvalue weighted by atomic mass is 10.0. The number of ether oxygens (including phenoxy) is 3. The Balaban J connectivity index is 1.51. The molecule has 0 atom stereocenters. The van der Waals surface area contributed by atoms with Crippen LogP contribution in [-0.2, 0) is 0 Å². The van der Waals surface area contributed by atoms with Gasteiger partial charge in [-0.3, -0.25) is 4.79 Å². The SMILES string of the molecule is COc1cc(-c2cc(C(=O)NCCCCN3CCN(C)CC3)c3ccccc3n2)cc(OC)c1OC. The van der Waals surface area contributed by atoms with Gasteiger partial charge in [0.15, 0.2) is 11.5 Å². The second-order valence-electron chi connectivity index (χ2n) is 9.09. The van der Waals surface area contributed by atoms with E-state index in [4.69, 9.17) is 19.2 Å². The van der Waals surface area contributed by atoms with Gasteiger partial charge in [-0.15, -0.1) is 0 Å². The highest BCUT2D eigenvalue weighted by Gasteiger charge is 2.18. The van der Waals surface area contributed by atoms with E-state index in [1.807, 2.05) is 42.5 Å². The largest absolute Gasteiger partial charge is 0.493 e. The van der Waals surface area contributed by atoms with Crippen LogP contribution < -0.4 is 19.5 Å². The first kappa shape index (κ1) is 25.7. The van der Waals surface area contributed by atoms with Crippen molar-refractivity contribution in [3.63, 3.8) is 0 Å². The molecular weight excluding hydrogens is 456 g/mol. The second kappa shape index (κ2) is 12.1. The van der Waals surface area contributed by atoms with Crippen LogP contribution in [-0.4, -0.2) is 88.3 Å². The average molecular weight is 493 g/mol. The minimum absolute atomic E-state index is 0.0955. The minimum atomic E-state index is -0.0955. The highest BCUT2D eigenvalue weighted by Crippen LogP contribution is 2.41. The molecule has 1 fully saturated rings. The summed E-state index contributed by atoms with van der Waals surface area (Å²) < 4.78 is 16.5. The topological polar surface area (TPSA) is 76.2 Å². The van der Waals surface area contributed by atoms with Crippen molar-refractivity contribution >= 4 is 16.8 Å². The smallest absolute Gasteiger partial charge is 0.252 e. The maximum Gasteiger partial charge on any atom is 0.252 e. The third-order valence-electron chi connectivity index (χ3n) is 6.70. The predicted octanol–water partition coefficient (Wildman–Crippen LogP) is 3.69. The van der Waals surface area contributed by atoms with Gasteiger partial charge in [-0.2, -0.15) is 0 Å². The number of nitrogens with one attached hydrogen (secondary N) is 1. The van der Waals surface area contributed by atoms with Crippen LogP contribution >= 0.6 is 0 Å². The number of hydrogen-bond donors (Lipinski definition) is 1. The number of aromatic nitrogens is 1. The van der Waals surface area contributed by atoms with Crippen LogP contribution in [0.2, 0.25) is 0 Å². The molecule has 4 rings (SSSR count). The molecule has 8 heteroatoms. The number of rotatable bonds is 10. The van der Waals surface area contributed by atoms with Crippen molar-refractivity contribution in [2.24, 2.45) is 0 Å². The lowest BCUT2D eigenvalue weighted by Crippen LogP contribution is -2.44. The Morgan fingerprint density at radius 1 is 0.944 bits per heavy atom. The molecule has 0 unspecified atom stereocenters. The molecule has 0 spiro atoms. The molecule has 8 nitrogen and oxygen atoms in total. The Labute approximate surface area is 213 Å². The molecule has 0 radical (unpaired) electrons. The summed E-state index contributed by atoms with van der Waals surface area (Å²) in [6, 6.07) is 13.2. The van der Waals surface area contributed by atoms with E-state index in [-0.39, 0.29) is 5.91 Å². The van der Waals surface area contributed by atoms with E-state index in [9.17, 15) is 4.79 Å². The van der Waals surface area contributed by atoms with Crippen molar-refractivity contribution in [3.05, 3.63) is 48.0 Å². The van der Waals surface area contributed by atoms with Gasteiger partial charge in [-0.1, -0.05) is 18.2 Å². The Morgan fingerprint density at radius 3 is 2.31 bits per heavy atom. The van der Waals surface area contributed by atoms with Crippen LogP contribution in [0.5, 0.6) is 17.2 Å². The molecule has 1 N–H and O–H groups in total.